The lowest BCUT2D eigenvalue weighted by atomic mass is 10.2. The van der Waals surface area contributed by atoms with Gasteiger partial charge >= 0.3 is 6.36 Å². The predicted molar refractivity (Wildman–Crippen MR) is 48.9 cm³/mol. The van der Waals surface area contributed by atoms with E-state index in [1.54, 1.807) is 0 Å². The Morgan fingerprint density at radius 3 is 2.56 bits per heavy atom. The number of halogens is 5. The van der Waals surface area contributed by atoms with Gasteiger partial charge in [0.1, 0.15) is 0 Å². The monoisotopic (exact) mass is 301 g/mol. The van der Waals surface area contributed by atoms with Gasteiger partial charge in [0.2, 0.25) is 11.8 Å². The van der Waals surface area contributed by atoms with E-state index in [4.69, 9.17) is 0 Å². The van der Waals surface area contributed by atoms with Crippen molar-refractivity contribution in [2.45, 2.75) is 11.7 Å². The maximum Gasteiger partial charge on any atom is 0.574 e. The summed E-state index contributed by atoms with van der Waals surface area (Å²) in [4.78, 5) is 13.3. The van der Waals surface area contributed by atoms with Crippen molar-refractivity contribution < 1.29 is 27.1 Å². The quantitative estimate of drug-likeness (QED) is 0.373. The number of rotatable bonds is 3. The topological polar surface area (TPSA) is 39.2 Å². The van der Waals surface area contributed by atoms with Crippen LogP contribution in [0.4, 0.5) is 17.6 Å². The molecule has 1 aromatic rings. The van der Waals surface area contributed by atoms with Crippen LogP contribution in [0.25, 0.3) is 0 Å². The molecule has 0 unspecified atom stereocenters. The van der Waals surface area contributed by atoms with Crippen LogP contribution in [0.5, 0.6) is 5.88 Å². The first-order chi connectivity index (χ1) is 7.37. The summed E-state index contributed by atoms with van der Waals surface area (Å²) in [5.41, 5.74) is -0.367. The molecule has 0 aliphatic heterocycles. The highest BCUT2D eigenvalue weighted by Gasteiger charge is 2.32. The van der Waals surface area contributed by atoms with Crippen molar-refractivity contribution in [1.29, 1.82) is 0 Å². The van der Waals surface area contributed by atoms with E-state index in [1.807, 2.05) is 0 Å². The molecule has 0 saturated heterocycles. The predicted octanol–water partition coefficient (Wildman–Crippen LogP) is 2.83. The summed E-state index contributed by atoms with van der Waals surface area (Å²) in [5, 5.41) is 0.00866. The lowest BCUT2D eigenvalue weighted by Gasteiger charge is -2.09. The molecule has 0 radical (unpaired) electrons. The van der Waals surface area contributed by atoms with Gasteiger partial charge in [0.15, 0.2) is 6.29 Å². The minimum absolute atomic E-state index is 0.00866. The molecule has 8 heteroatoms. The second-order valence-corrected chi connectivity index (χ2v) is 3.18. The summed E-state index contributed by atoms with van der Waals surface area (Å²) in [5.74, 6) is -2.24. The third-order valence-electron chi connectivity index (χ3n) is 1.56. The van der Waals surface area contributed by atoms with Crippen LogP contribution in [0.1, 0.15) is 15.9 Å². The summed E-state index contributed by atoms with van der Waals surface area (Å²) >= 11 is 2.91. The van der Waals surface area contributed by atoms with Crippen LogP contribution in [0.3, 0.4) is 0 Å². The van der Waals surface area contributed by atoms with E-state index < -0.39 is 23.8 Å². The SMILES string of the molecule is O=Cc1c(CBr)cc(OC(F)(F)F)nc1F. The van der Waals surface area contributed by atoms with Crippen molar-refractivity contribution in [2.75, 3.05) is 0 Å². The maximum absolute atomic E-state index is 13.1. The number of carbonyl (C=O) groups is 1. The van der Waals surface area contributed by atoms with Gasteiger partial charge in [-0.15, -0.1) is 13.2 Å². The maximum atomic E-state index is 13.1. The molecular weight excluding hydrogens is 298 g/mol. The van der Waals surface area contributed by atoms with E-state index >= 15 is 0 Å². The van der Waals surface area contributed by atoms with Gasteiger partial charge in [0.25, 0.3) is 0 Å². The Morgan fingerprint density at radius 1 is 1.50 bits per heavy atom. The van der Waals surface area contributed by atoms with Gasteiger partial charge < -0.3 is 4.74 Å². The third kappa shape index (κ3) is 3.16. The Balaban J connectivity index is 3.15. The molecule has 0 bridgehead atoms. The minimum Gasteiger partial charge on any atom is -0.388 e. The molecule has 0 aliphatic rings. The molecule has 0 amide bonds. The van der Waals surface area contributed by atoms with Gasteiger partial charge in [0, 0.05) is 11.4 Å². The second-order valence-electron chi connectivity index (χ2n) is 2.62. The van der Waals surface area contributed by atoms with E-state index in [0.717, 1.165) is 6.07 Å². The Bertz CT molecular complexity index is 408. The molecule has 3 nitrogen and oxygen atoms in total. The molecule has 16 heavy (non-hydrogen) atoms. The number of nitrogens with zero attached hydrogens (tertiary/aromatic N) is 1. The average Bonchev–Trinajstić information content (AvgIpc) is 2.14. The molecule has 0 saturated carbocycles. The van der Waals surface area contributed by atoms with E-state index in [9.17, 15) is 22.4 Å². The van der Waals surface area contributed by atoms with Crippen LogP contribution in [0, 0.1) is 5.95 Å². The fraction of sp³-hybridized carbons (Fsp3) is 0.250. The summed E-state index contributed by atoms with van der Waals surface area (Å²) in [6.45, 7) is 0. The highest BCUT2D eigenvalue weighted by Crippen LogP contribution is 2.24. The number of aromatic nitrogens is 1. The smallest absolute Gasteiger partial charge is 0.388 e. The zero-order valence-electron chi connectivity index (χ0n) is 7.52. The van der Waals surface area contributed by atoms with E-state index in [-0.39, 0.29) is 17.2 Å². The standard InChI is InChI=1S/C8H4BrF4NO2/c9-2-4-1-6(16-8(11,12)13)14-7(10)5(4)3-15/h1,3H,2H2. The van der Waals surface area contributed by atoms with Gasteiger partial charge in [-0.25, -0.2) is 0 Å². The number of ether oxygens (including phenoxy) is 1. The minimum atomic E-state index is -4.95. The molecular formula is C8H4BrF4NO2. The molecule has 1 heterocycles. The fourth-order valence-corrected chi connectivity index (χ4v) is 1.42. The molecule has 0 aliphatic carbocycles. The summed E-state index contributed by atoms with van der Waals surface area (Å²) in [6.07, 6.45) is -4.78. The van der Waals surface area contributed by atoms with Crippen LogP contribution in [-0.4, -0.2) is 17.6 Å². The second kappa shape index (κ2) is 4.77. The molecule has 1 aromatic heterocycles. The van der Waals surface area contributed by atoms with Crippen molar-refractivity contribution >= 4 is 22.2 Å². The number of hydrogen-bond acceptors (Lipinski definition) is 3. The van der Waals surface area contributed by atoms with Crippen LogP contribution in [-0.2, 0) is 5.33 Å². The number of alkyl halides is 4. The van der Waals surface area contributed by atoms with Crippen molar-refractivity contribution in [3.8, 4) is 5.88 Å². The third-order valence-corrected chi connectivity index (χ3v) is 2.16. The van der Waals surface area contributed by atoms with Crippen molar-refractivity contribution in [1.82, 2.24) is 4.98 Å². The van der Waals surface area contributed by atoms with Gasteiger partial charge in [0.05, 0.1) is 5.56 Å². The Kier molecular flexibility index (Phi) is 3.84. The van der Waals surface area contributed by atoms with Crippen LogP contribution in [0.2, 0.25) is 0 Å². The Hall–Kier alpha value is -1.18. The molecule has 0 fully saturated rings. The van der Waals surface area contributed by atoms with Crippen LogP contribution >= 0.6 is 15.9 Å². The molecule has 0 N–H and O–H groups in total. The zero-order valence-corrected chi connectivity index (χ0v) is 9.10. The highest BCUT2D eigenvalue weighted by atomic mass is 79.9. The number of carbonyl (C=O) groups excluding carboxylic acids is 1. The largest absolute Gasteiger partial charge is 0.574 e. The summed E-state index contributed by atoms with van der Waals surface area (Å²) < 4.78 is 52.0. The van der Waals surface area contributed by atoms with Crippen molar-refractivity contribution in [2.24, 2.45) is 0 Å². The Labute approximate surface area is 95.6 Å². The van der Waals surface area contributed by atoms with Gasteiger partial charge in [-0.2, -0.15) is 9.37 Å². The summed E-state index contributed by atoms with van der Waals surface area (Å²) in [7, 11) is 0. The summed E-state index contributed by atoms with van der Waals surface area (Å²) in [6, 6.07) is 0.842. The Morgan fingerprint density at radius 2 is 2.12 bits per heavy atom. The van der Waals surface area contributed by atoms with Gasteiger partial charge in [-0.05, 0) is 5.56 Å². The number of pyridine rings is 1. The zero-order chi connectivity index (χ0) is 12.3. The number of hydrogen-bond donors (Lipinski definition) is 0. The normalized spacial score (nSPS) is 11.3. The van der Waals surface area contributed by atoms with Gasteiger partial charge in [-0.3, -0.25) is 4.79 Å². The fourth-order valence-electron chi connectivity index (χ4n) is 0.954. The first-order valence-corrected chi connectivity index (χ1v) is 4.96. The lowest BCUT2D eigenvalue weighted by Crippen LogP contribution is -2.18. The molecule has 0 aromatic carbocycles. The van der Waals surface area contributed by atoms with E-state index in [2.05, 4.69) is 25.7 Å². The molecule has 1 rings (SSSR count). The highest BCUT2D eigenvalue weighted by molar-refractivity contribution is 9.08. The molecule has 0 atom stereocenters. The molecule has 88 valence electrons. The van der Waals surface area contributed by atoms with E-state index in [0.29, 0.717) is 0 Å². The first-order valence-electron chi connectivity index (χ1n) is 3.83. The molecule has 0 spiro atoms. The van der Waals surface area contributed by atoms with E-state index in [1.165, 1.54) is 0 Å². The van der Waals surface area contributed by atoms with Crippen molar-refractivity contribution in [3.63, 3.8) is 0 Å². The van der Waals surface area contributed by atoms with Gasteiger partial charge in [-0.1, -0.05) is 15.9 Å². The lowest BCUT2D eigenvalue weighted by molar-refractivity contribution is -0.276. The van der Waals surface area contributed by atoms with Crippen molar-refractivity contribution in [3.05, 3.63) is 23.1 Å². The average molecular weight is 302 g/mol. The number of aldehydes is 1. The van der Waals surface area contributed by atoms with Crippen LogP contribution in [0.15, 0.2) is 6.07 Å². The van der Waals surface area contributed by atoms with Crippen LogP contribution < -0.4 is 4.74 Å². The first kappa shape index (κ1) is 12.9.